The maximum atomic E-state index is 14.2. The molecule has 2 aromatic carbocycles. The predicted molar refractivity (Wildman–Crippen MR) is 98.2 cm³/mol. The average Bonchev–Trinajstić information content (AvgIpc) is 2.65. The number of amides is 1. The number of ether oxygens (including phenoxy) is 1. The second-order valence-electron chi connectivity index (χ2n) is 5.86. The predicted octanol–water partition coefficient (Wildman–Crippen LogP) is 2.92. The van der Waals surface area contributed by atoms with E-state index >= 15 is 0 Å². The van der Waals surface area contributed by atoms with Crippen LogP contribution >= 0.6 is 0 Å². The van der Waals surface area contributed by atoms with Crippen molar-refractivity contribution in [1.82, 2.24) is 5.01 Å². The van der Waals surface area contributed by atoms with Gasteiger partial charge < -0.3 is 9.64 Å². The van der Waals surface area contributed by atoms with Gasteiger partial charge in [0.1, 0.15) is 11.6 Å². The van der Waals surface area contributed by atoms with E-state index < -0.39 is 23.5 Å². The average molecular weight is 375 g/mol. The molecular weight excluding hydrogens is 356 g/mol. The Hall–Kier alpha value is -3.29. The van der Waals surface area contributed by atoms with Crippen molar-refractivity contribution in [3.05, 3.63) is 64.7 Å². The molecule has 0 bridgehead atoms. The number of hydrazone groups is 1. The van der Waals surface area contributed by atoms with Gasteiger partial charge in [0, 0.05) is 32.4 Å². The number of anilines is 1. The quantitative estimate of drug-likeness (QED) is 0.458. The first-order chi connectivity index (χ1) is 12.7. The van der Waals surface area contributed by atoms with Gasteiger partial charge in [-0.2, -0.15) is 5.10 Å². The fourth-order valence-corrected chi connectivity index (χ4v) is 2.21. The summed E-state index contributed by atoms with van der Waals surface area (Å²) in [4.78, 5) is 25.4. The van der Waals surface area contributed by atoms with E-state index in [1.807, 2.05) is 0 Å². The van der Waals surface area contributed by atoms with Crippen molar-refractivity contribution in [3.63, 3.8) is 0 Å². The number of carbonyl (C=O) groups is 2. The molecule has 0 saturated carbocycles. The highest BCUT2D eigenvalue weighted by atomic mass is 19.1. The van der Waals surface area contributed by atoms with Crippen molar-refractivity contribution < 1.29 is 23.1 Å². The van der Waals surface area contributed by atoms with Gasteiger partial charge in [-0.15, -0.1) is 0 Å². The molecule has 0 heterocycles. The molecule has 0 unspecified atom stereocenters. The van der Waals surface area contributed by atoms with Gasteiger partial charge in [-0.1, -0.05) is 0 Å². The van der Waals surface area contributed by atoms with Gasteiger partial charge in [0.05, 0.1) is 24.5 Å². The Balaban J connectivity index is 2.18. The number of benzene rings is 2. The lowest BCUT2D eigenvalue weighted by atomic mass is 10.1. The maximum Gasteiger partial charge on any atom is 0.337 e. The number of rotatable bonds is 5. The Labute approximate surface area is 155 Å². The molecule has 142 valence electrons. The molecule has 0 saturated heterocycles. The molecule has 8 heteroatoms. The minimum absolute atomic E-state index is 0.0552. The highest BCUT2D eigenvalue weighted by molar-refractivity contribution is 5.95. The Morgan fingerprint density at radius 2 is 1.74 bits per heavy atom. The van der Waals surface area contributed by atoms with Crippen LogP contribution in [0.4, 0.5) is 14.5 Å². The SMILES string of the molecule is COC(=O)c1ccc(/C=N/N(C)C(=O)c2ccc(N(C)C)cc2F)c(F)c1. The highest BCUT2D eigenvalue weighted by Crippen LogP contribution is 2.18. The summed E-state index contributed by atoms with van der Waals surface area (Å²) in [5.74, 6) is -2.73. The number of nitrogens with zero attached hydrogens (tertiary/aromatic N) is 3. The topological polar surface area (TPSA) is 62.2 Å². The summed E-state index contributed by atoms with van der Waals surface area (Å²) >= 11 is 0. The molecule has 0 aromatic heterocycles. The zero-order valence-corrected chi connectivity index (χ0v) is 15.4. The van der Waals surface area contributed by atoms with E-state index in [4.69, 9.17) is 0 Å². The van der Waals surface area contributed by atoms with Gasteiger partial charge in [0.2, 0.25) is 0 Å². The highest BCUT2D eigenvalue weighted by Gasteiger charge is 2.17. The van der Waals surface area contributed by atoms with Gasteiger partial charge in [-0.25, -0.2) is 18.6 Å². The van der Waals surface area contributed by atoms with Crippen molar-refractivity contribution in [3.8, 4) is 0 Å². The van der Waals surface area contributed by atoms with E-state index in [-0.39, 0.29) is 16.7 Å². The van der Waals surface area contributed by atoms with Crippen LogP contribution in [0.15, 0.2) is 41.5 Å². The Morgan fingerprint density at radius 3 is 2.30 bits per heavy atom. The lowest BCUT2D eigenvalue weighted by molar-refractivity contribution is 0.0600. The third-order valence-electron chi connectivity index (χ3n) is 3.78. The van der Waals surface area contributed by atoms with Crippen molar-refractivity contribution in [2.45, 2.75) is 0 Å². The van der Waals surface area contributed by atoms with E-state index in [0.29, 0.717) is 5.69 Å². The molecule has 0 spiro atoms. The van der Waals surface area contributed by atoms with Crippen LogP contribution < -0.4 is 4.90 Å². The van der Waals surface area contributed by atoms with Crippen molar-refractivity contribution in [1.29, 1.82) is 0 Å². The van der Waals surface area contributed by atoms with Crippen LogP contribution in [0.2, 0.25) is 0 Å². The van der Waals surface area contributed by atoms with Gasteiger partial charge in [-0.05, 0) is 36.4 Å². The van der Waals surface area contributed by atoms with Gasteiger partial charge >= 0.3 is 5.97 Å². The standard InChI is InChI=1S/C19H19F2N3O3/c1-23(2)14-7-8-15(17(21)10-14)18(25)24(3)22-11-13-6-5-12(9-16(13)20)19(26)27-4/h5-11H,1-4H3/b22-11+. The third-order valence-corrected chi connectivity index (χ3v) is 3.78. The maximum absolute atomic E-state index is 14.2. The number of halogens is 2. The molecule has 0 atom stereocenters. The molecule has 0 aliphatic heterocycles. The summed E-state index contributed by atoms with van der Waals surface area (Å²) in [6, 6.07) is 7.93. The summed E-state index contributed by atoms with van der Waals surface area (Å²) in [7, 11) is 6.04. The molecule has 0 aliphatic rings. The minimum atomic E-state index is -0.705. The van der Waals surface area contributed by atoms with Crippen LogP contribution in [0, 0.1) is 11.6 Å². The molecular formula is C19H19F2N3O3. The molecule has 0 N–H and O–H groups in total. The first-order valence-electron chi connectivity index (χ1n) is 7.91. The summed E-state index contributed by atoms with van der Waals surface area (Å²) < 4.78 is 32.7. The van der Waals surface area contributed by atoms with E-state index in [1.165, 1.54) is 38.4 Å². The summed E-state index contributed by atoms with van der Waals surface area (Å²) in [5.41, 5.74) is 0.579. The lowest BCUT2D eigenvalue weighted by Gasteiger charge is -2.15. The van der Waals surface area contributed by atoms with Crippen LogP contribution in [-0.2, 0) is 4.74 Å². The van der Waals surface area contributed by atoms with Crippen LogP contribution in [0.1, 0.15) is 26.3 Å². The van der Waals surface area contributed by atoms with E-state index in [0.717, 1.165) is 17.3 Å². The number of carbonyl (C=O) groups excluding carboxylic acids is 2. The summed E-state index contributed by atoms with van der Waals surface area (Å²) in [6.45, 7) is 0. The molecule has 0 aliphatic carbocycles. The van der Waals surface area contributed by atoms with Gasteiger partial charge in [-0.3, -0.25) is 4.79 Å². The Morgan fingerprint density at radius 1 is 1.04 bits per heavy atom. The number of hydrogen-bond donors (Lipinski definition) is 0. The Kier molecular flexibility index (Phi) is 6.23. The van der Waals surface area contributed by atoms with E-state index in [1.54, 1.807) is 25.1 Å². The van der Waals surface area contributed by atoms with Crippen LogP contribution in [0.3, 0.4) is 0 Å². The minimum Gasteiger partial charge on any atom is -0.465 e. The van der Waals surface area contributed by atoms with Crippen LogP contribution in [0.25, 0.3) is 0 Å². The third kappa shape index (κ3) is 4.66. The summed E-state index contributed by atoms with van der Waals surface area (Å²) in [6.07, 6.45) is 1.11. The first kappa shape index (κ1) is 20.0. The molecule has 27 heavy (non-hydrogen) atoms. The molecule has 0 fully saturated rings. The monoisotopic (exact) mass is 375 g/mol. The van der Waals surface area contributed by atoms with Gasteiger partial charge in [0.15, 0.2) is 0 Å². The zero-order chi connectivity index (χ0) is 20.1. The second kappa shape index (κ2) is 8.39. The molecule has 2 aromatic rings. The smallest absolute Gasteiger partial charge is 0.337 e. The fraction of sp³-hybridized carbons (Fsp3) is 0.211. The van der Waals surface area contributed by atoms with Gasteiger partial charge in [0.25, 0.3) is 5.91 Å². The van der Waals surface area contributed by atoms with Crippen molar-refractivity contribution in [2.24, 2.45) is 5.10 Å². The molecule has 2 rings (SSSR count). The summed E-state index contributed by atoms with van der Waals surface area (Å²) in [5, 5.41) is 4.75. The molecule has 1 amide bonds. The Bertz CT molecular complexity index is 898. The van der Waals surface area contributed by atoms with Crippen LogP contribution in [0.5, 0.6) is 0 Å². The van der Waals surface area contributed by atoms with E-state index in [2.05, 4.69) is 9.84 Å². The fourth-order valence-electron chi connectivity index (χ4n) is 2.21. The molecule has 0 radical (unpaired) electrons. The normalized spacial score (nSPS) is 10.7. The number of methoxy groups -OCH3 is 1. The number of esters is 1. The second-order valence-corrected chi connectivity index (χ2v) is 5.86. The molecule has 6 nitrogen and oxygen atoms in total. The van der Waals surface area contributed by atoms with E-state index in [9.17, 15) is 18.4 Å². The van der Waals surface area contributed by atoms with Crippen molar-refractivity contribution >= 4 is 23.8 Å². The van der Waals surface area contributed by atoms with Crippen molar-refractivity contribution in [2.75, 3.05) is 33.2 Å². The largest absolute Gasteiger partial charge is 0.465 e. The van der Waals surface area contributed by atoms with Crippen LogP contribution in [-0.4, -0.2) is 51.4 Å². The zero-order valence-electron chi connectivity index (χ0n) is 15.4. The number of hydrogen-bond acceptors (Lipinski definition) is 5. The lowest BCUT2D eigenvalue weighted by Crippen LogP contribution is -2.23. The first-order valence-corrected chi connectivity index (χ1v) is 7.91.